The zero-order valence-corrected chi connectivity index (χ0v) is 12.5. The second kappa shape index (κ2) is 7.21. The van der Waals surface area contributed by atoms with Crippen LogP contribution in [-0.2, 0) is 9.53 Å². The van der Waals surface area contributed by atoms with Gasteiger partial charge >= 0.3 is 12.3 Å². The number of rotatable bonds is 3. The number of ether oxygens (including phenoxy) is 1. The average molecular weight is 341 g/mol. The summed E-state index contributed by atoms with van der Waals surface area (Å²) >= 11 is 0. The van der Waals surface area contributed by atoms with Gasteiger partial charge in [-0.3, -0.25) is 9.69 Å². The zero-order chi connectivity index (χ0) is 17.7. The number of anilines is 1. The number of likely N-dealkylation sites (tertiary alicyclic amines) is 1. The summed E-state index contributed by atoms with van der Waals surface area (Å²) in [7, 11) is 0. The monoisotopic (exact) mass is 341 g/mol. The third kappa shape index (κ3) is 4.62. The van der Waals surface area contributed by atoms with Gasteiger partial charge in [0.05, 0.1) is 11.6 Å². The van der Waals surface area contributed by atoms with Gasteiger partial charge in [0, 0.05) is 12.2 Å². The zero-order valence-electron chi connectivity index (χ0n) is 12.5. The number of nitriles is 1. The minimum Gasteiger partial charge on any atom is -0.440 e. The van der Waals surface area contributed by atoms with Crippen LogP contribution in [0.5, 0.6) is 0 Å². The van der Waals surface area contributed by atoms with Gasteiger partial charge in [-0.05, 0) is 37.1 Å². The molecule has 1 fully saturated rings. The smallest absolute Gasteiger partial charge is 0.422 e. The van der Waals surface area contributed by atoms with Crippen LogP contribution >= 0.6 is 0 Å². The van der Waals surface area contributed by atoms with E-state index >= 15 is 0 Å². The van der Waals surface area contributed by atoms with Crippen LogP contribution in [0.15, 0.2) is 24.3 Å². The van der Waals surface area contributed by atoms with Crippen LogP contribution in [0.3, 0.4) is 0 Å². The topological polar surface area (TPSA) is 82.4 Å². The molecule has 128 valence electrons. The summed E-state index contributed by atoms with van der Waals surface area (Å²) in [4.78, 5) is 25.0. The summed E-state index contributed by atoms with van der Waals surface area (Å²) < 4.78 is 40.5. The molecule has 0 unspecified atom stereocenters. The first-order valence-electron chi connectivity index (χ1n) is 7.11. The maximum atomic E-state index is 12.2. The molecule has 1 aromatic carbocycles. The molecular weight excluding hydrogens is 327 g/mol. The molecule has 2 rings (SSSR count). The third-order valence-corrected chi connectivity index (χ3v) is 3.43. The molecule has 0 saturated carbocycles. The van der Waals surface area contributed by atoms with Crippen LogP contribution < -0.4 is 5.32 Å². The number of hydrogen-bond acceptors (Lipinski definition) is 4. The fourth-order valence-corrected chi connectivity index (χ4v) is 2.34. The van der Waals surface area contributed by atoms with E-state index in [2.05, 4.69) is 10.1 Å². The first-order valence-corrected chi connectivity index (χ1v) is 7.11. The number of alkyl halides is 3. The number of halogens is 3. The van der Waals surface area contributed by atoms with Crippen molar-refractivity contribution >= 4 is 17.7 Å². The lowest BCUT2D eigenvalue weighted by atomic mass is 10.2. The van der Waals surface area contributed by atoms with Gasteiger partial charge in [0.25, 0.3) is 0 Å². The Bertz CT molecular complexity index is 653. The van der Waals surface area contributed by atoms with Crippen LogP contribution in [0, 0.1) is 11.3 Å². The molecule has 6 nitrogen and oxygen atoms in total. The molecule has 1 N–H and O–H groups in total. The van der Waals surface area contributed by atoms with E-state index in [1.807, 2.05) is 6.07 Å². The molecule has 1 aliphatic rings. The second-order valence-corrected chi connectivity index (χ2v) is 5.20. The number of carbonyl (C=O) groups is 2. The fourth-order valence-electron chi connectivity index (χ4n) is 2.34. The van der Waals surface area contributed by atoms with Crippen molar-refractivity contribution in [3.8, 4) is 6.07 Å². The summed E-state index contributed by atoms with van der Waals surface area (Å²) in [6.45, 7) is -1.53. The van der Waals surface area contributed by atoms with Crippen molar-refractivity contribution in [3.05, 3.63) is 29.8 Å². The van der Waals surface area contributed by atoms with Gasteiger partial charge < -0.3 is 10.1 Å². The Morgan fingerprint density at radius 3 is 2.58 bits per heavy atom. The Hall–Kier alpha value is -2.76. The molecule has 1 heterocycles. The normalized spacial score (nSPS) is 17.2. The van der Waals surface area contributed by atoms with Gasteiger partial charge in [-0.1, -0.05) is 0 Å². The summed E-state index contributed by atoms with van der Waals surface area (Å²) in [6.07, 6.45) is -4.95. The summed E-state index contributed by atoms with van der Waals surface area (Å²) in [6, 6.07) is 7.13. The Labute approximate surface area is 135 Å². The number of nitrogens with one attached hydrogen (secondary N) is 1. The first-order chi connectivity index (χ1) is 11.3. The Morgan fingerprint density at radius 1 is 1.33 bits per heavy atom. The molecule has 1 aromatic rings. The number of amides is 2. The van der Waals surface area contributed by atoms with Crippen molar-refractivity contribution in [1.29, 1.82) is 5.26 Å². The lowest BCUT2D eigenvalue weighted by Gasteiger charge is -2.23. The predicted molar refractivity (Wildman–Crippen MR) is 76.9 cm³/mol. The summed E-state index contributed by atoms with van der Waals surface area (Å²) in [5, 5.41) is 11.3. The first kappa shape index (κ1) is 17.6. The maximum Gasteiger partial charge on any atom is 0.422 e. The standard InChI is InChI=1S/C15H14F3N3O3/c16-15(17,18)9-24-14(23)21-7-1-2-12(21)13(22)20-11-5-3-10(8-19)4-6-11/h3-6,12H,1-2,7,9H2,(H,20,22)/t12-/m0/s1. The molecule has 1 saturated heterocycles. The predicted octanol–water partition coefficient (Wildman–Crippen LogP) is 2.66. The molecule has 0 bridgehead atoms. The van der Waals surface area contributed by atoms with E-state index in [0.717, 1.165) is 4.90 Å². The molecule has 9 heteroatoms. The number of hydrogen-bond donors (Lipinski definition) is 1. The fraction of sp³-hybridized carbons (Fsp3) is 0.400. The number of carbonyl (C=O) groups excluding carboxylic acids is 2. The van der Waals surface area contributed by atoms with Crippen molar-refractivity contribution < 1.29 is 27.5 Å². The van der Waals surface area contributed by atoms with Crippen LogP contribution in [0.2, 0.25) is 0 Å². The molecule has 0 aliphatic carbocycles. The number of benzene rings is 1. The SMILES string of the molecule is N#Cc1ccc(NC(=O)[C@@H]2CCCN2C(=O)OCC(F)(F)F)cc1. The van der Waals surface area contributed by atoms with Gasteiger partial charge in [-0.25, -0.2) is 4.79 Å². The molecular formula is C15H14F3N3O3. The maximum absolute atomic E-state index is 12.2. The van der Waals surface area contributed by atoms with Crippen LogP contribution in [0.25, 0.3) is 0 Å². The lowest BCUT2D eigenvalue weighted by molar-refractivity contribution is -0.162. The minimum atomic E-state index is -4.62. The van der Waals surface area contributed by atoms with Crippen LogP contribution in [0.4, 0.5) is 23.7 Å². The highest BCUT2D eigenvalue weighted by Gasteiger charge is 2.37. The molecule has 1 aliphatic heterocycles. The third-order valence-electron chi connectivity index (χ3n) is 3.43. The largest absolute Gasteiger partial charge is 0.440 e. The number of nitrogens with zero attached hydrogens (tertiary/aromatic N) is 2. The van der Waals surface area contributed by atoms with Crippen molar-refractivity contribution in [2.75, 3.05) is 18.5 Å². The highest BCUT2D eigenvalue weighted by Crippen LogP contribution is 2.22. The van der Waals surface area contributed by atoms with E-state index in [-0.39, 0.29) is 6.54 Å². The van der Waals surface area contributed by atoms with Crippen LogP contribution in [-0.4, -0.2) is 42.3 Å². The average Bonchev–Trinajstić information content (AvgIpc) is 3.02. The molecule has 0 spiro atoms. The molecule has 2 amide bonds. The van der Waals surface area contributed by atoms with E-state index in [1.165, 1.54) is 24.3 Å². The van der Waals surface area contributed by atoms with Crippen molar-refractivity contribution in [2.24, 2.45) is 0 Å². The Kier molecular flexibility index (Phi) is 5.28. The summed E-state index contributed by atoms with van der Waals surface area (Å²) in [5.41, 5.74) is 0.848. The minimum absolute atomic E-state index is 0.155. The van der Waals surface area contributed by atoms with Crippen molar-refractivity contribution in [2.45, 2.75) is 25.1 Å². The van der Waals surface area contributed by atoms with Crippen molar-refractivity contribution in [3.63, 3.8) is 0 Å². The van der Waals surface area contributed by atoms with Crippen molar-refractivity contribution in [1.82, 2.24) is 4.90 Å². The Balaban J connectivity index is 1.97. The van der Waals surface area contributed by atoms with E-state index < -0.39 is 30.8 Å². The molecule has 1 atom stereocenters. The van der Waals surface area contributed by atoms with E-state index in [9.17, 15) is 22.8 Å². The summed E-state index contributed by atoms with van der Waals surface area (Å²) in [5.74, 6) is -0.513. The van der Waals surface area contributed by atoms with E-state index in [4.69, 9.17) is 5.26 Å². The highest BCUT2D eigenvalue weighted by molar-refractivity contribution is 5.96. The molecule has 24 heavy (non-hydrogen) atoms. The highest BCUT2D eigenvalue weighted by atomic mass is 19.4. The van der Waals surface area contributed by atoms with Gasteiger partial charge in [0.2, 0.25) is 5.91 Å². The second-order valence-electron chi connectivity index (χ2n) is 5.20. The van der Waals surface area contributed by atoms with E-state index in [1.54, 1.807) is 0 Å². The van der Waals surface area contributed by atoms with E-state index in [0.29, 0.717) is 24.1 Å². The van der Waals surface area contributed by atoms with Gasteiger partial charge in [-0.15, -0.1) is 0 Å². The van der Waals surface area contributed by atoms with Gasteiger partial charge in [0.15, 0.2) is 6.61 Å². The Morgan fingerprint density at radius 2 is 2.00 bits per heavy atom. The molecule has 0 radical (unpaired) electrons. The lowest BCUT2D eigenvalue weighted by Crippen LogP contribution is -2.44. The van der Waals surface area contributed by atoms with Crippen LogP contribution in [0.1, 0.15) is 18.4 Å². The van der Waals surface area contributed by atoms with Gasteiger partial charge in [-0.2, -0.15) is 18.4 Å². The van der Waals surface area contributed by atoms with Gasteiger partial charge in [0.1, 0.15) is 6.04 Å². The quantitative estimate of drug-likeness (QED) is 0.916. The molecule has 0 aromatic heterocycles.